The molecule has 0 nitrogen and oxygen atoms in total. The maximum absolute atomic E-state index is 2.63. The molecule has 0 aromatic carbocycles. The zero-order chi connectivity index (χ0) is 14.2. The van der Waals surface area contributed by atoms with E-state index in [1.165, 1.54) is 83.5 Å². The average Bonchev–Trinajstić information content (AvgIpc) is 2.40. The van der Waals surface area contributed by atoms with Crippen LogP contribution in [0.15, 0.2) is 0 Å². The van der Waals surface area contributed by atoms with Crippen LogP contribution >= 0.6 is 0 Å². The fraction of sp³-hybridized carbons (Fsp3) is 1.00. The predicted molar refractivity (Wildman–Crippen MR) is 87.6 cm³/mol. The Bertz CT molecular complexity index is 212. The second-order valence-corrected chi connectivity index (χ2v) is 7.60. The SMILES string of the molecule is CCCCCC(C)(CCCCC)C1(C)CCCCC1. The fourth-order valence-corrected chi connectivity index (χ4v) is 4.19. The van der Waals surface area contributed by atoms with Gasteiger partial charge in [-0.25, -0.2) is 0 Å². The molecular formula is C19H38. The Hall–Kier alpha value is 0. The van der Waals surface area contributed by atoms with E-state index in [0.29, 0.717) is 10.8 Å². The molecule has 0 aromatic heterocycles. The van der Waals surface area contributed by atoms with Crippen molar-refractivity contribution < 1.29 is 0 Å². The summed E-state index contributed by atoms with van der Waals surface area (Å²) in [6, 6.07) is 0. The Morgan fingerprint density at radius 1 is 0.789 bits per heavy atom. The third kappa shape index (κ3) is 4.80. The van der Waals surface area contributed by atoms with Crippen LogP contribution in [-0.2, 0) is 0 Å². The number of unbranched alkanes of at least 4 members (excludes halogenated alkanes) is 4. The number of rotatable bonds is 9. The molecule has 0 radical (unpaired) electrons. The molecule has 1 rings (SSSR count). The zero-order valence-corrected chi connectivity index (χ0v) is 14.2. The van der Waals surface area contributed by atoms with Gasteiger partial charge in [0.2, 0.25) is 0 Å². The summed E-state index contributed by atoms with van der Waals surface area (Å²) in [5.74, 6) is 0. The molecule has 0 N–H and O–H groups in total. The van der Waals surface area contributed by atoms with Crippen molar-refractivity contribution in [3.63, 3.8) is 0 Å². The van der Waals surface area contributed by atoms with Gasteiger partial charge < -0.3 is 0 Å². The van der Waals surface area contributed by atoms with Gasteiger partial charge in [0.1, 0.15) is 0 Å². The Morgan fingerprint density at radius 2 is 1.26 bits per heavy atom. The van der Waals surface area contributed by atoms with E-state index in [9.17, 15) is 0 Å². The molecule has 0 unspecified atom stereocenters. The van der Waals surface area contributed by atoms with Crippen molar-refractivity contribution in [2.24, 2.45) is 10.8 Å². The highest BCUT2D eigenvalue weighted by Gasteiger charge is 2.43. The van der Waals surface area contributed by atoms with Gasteiger partial charge in [-0.2, -0.15) is 0 Å². The van der Waals surface area contributed by atoms with Crippen molar-refractivity contribution in [3.8, 4) is 0 Å². The molecule has 0 heterocycles. The van der Waals surface area contributed by atoms with Crippen molar-refractivity contribution in [2.45, 2.75) is 111 Å². The van der Waals surface area contributed by atoms with E-state index < -0.39 is 0 Å². The quantitative estimate of drug-likeness (QED) is 0.390. The third-order valence-corrected chi connectivity index (χ3v) is 6.08. The molecule has 0 atom stereocenters. The van der Waals surface area contributed by atoms with Crippen LogP contribution in [0.4, 0.5) is 0 Å². The lowest BCUT2D eigenvalue weighted by molar-refractivity contribution is 0.00816. The Balaban J connectivity index is 2.64. The Labute approximate surface area is 122 Å². The molecule has 1 saturated carbocycles. The van der Waals surface area contributed by atoms with E-state index in [1.54, 1.807) is 0 Å². The van der Waals surface area contributed by atoms with Gasteiger partial charge in [0.15, 0.2) is 0 Å². The molecule has 0 bridgehead atoms. The minimum atomic E-state index is 0.609. The molecule has 0 heteroatoms. The van der Waals surface area contributed by atoms with Crippen molar-refractivity contribution >= 4 is 0 Å². The van der Waals surface area contributed by atoms with Gasteiger partial charge in [-0.1, -0.05) is 85.5 Å². The van der Waals surface area contributed by atoms with Crippen LogP contribution in [-0.4, -0.2) is 0 Å². The van der Waals surface area contributed by atoms with Crippen LogP contribution in [0.5, 0.6) is 0 Å². The monoisotopic (exact) mass is 266 g/mol. The average molecular weight is 267 g/mol. The highest BCUT2D eigenvalue weighted by Crippen LogP contribution is 2.54. The lowest BCUT2D eigenvalue weighted by atomic mass is 9.55. The van der Waals surface area contributed by atoms with Gasteiger partial charge in [-0.05, 0) is 36.5 Å². The Morgan fingerprint density at radius 3 is 1.68 bits per heavy atom. The summed E-state index contributed by atoms with van der Waals surface area (Å²) in [6.07, 6.45) is 18.9. The first-order chi connectivity index (χ1) is 9.08. The van der Waals surface area contributed by atoms with Crippen LogP contribution in [0.1, 0.15) is 111 Å². The maximum atomic E-state index is 2.63. The first kappa shape index (κ1) is 17.1. The highest BCUT2D eigenvalue weighted by atomic mass is 14.5. The standard InChI is InChI=1S/C19H38/c1-5-7-10-14-18(3,15-11-8-6-2)19(4)16-12-9-13-17-19/h5-17H2,1-4H3. The lowest BCUT2D eigenvalue weighted by Gasteiger charge is -2.50. The maximum Gasteiger partial charge on any atom is -0.0272 e. The van der Waals surface area contributed by atoms with Crippen molar-refractivity contribution in [1.82, 2.24) is 0 Å². The van der Waals surface area contributed by atoms with Gasteiger partial charge in [0, 0.05) is 0 Å². The Kier molecular flexibility index (Phi) is 7.47. The molecular weight excluding hydrogens is 228 g/mol. The van der Waals surface area contributed by atoms with Gasteiger partial charge in [-0.15, -0.1) is 0 Å². The molecule has 0 spiro atoms. The summed E-state index contributed by atoms with van der Waals surface area (Å²) in [5, 5.41) is 0. The predicted octanol–water partition coefficient (Wildman–Crippen LogP) is 7.12. The molecule has 0 saturated heterocycles. The summed E-state index contributed by atoms with van der Waals surface area (Å²) >= 11 is 0. The summed E-state index contributed by atoms with van der Waals surface area (Å²) in [7, 11) is 0. The van der Waals surface area contributed by atoms with Crippen molar-refractivity contribution in [1.29, 1.82) is 0 Å². The first-order valence-corrected chi connectivity index (χ1v) is 9.08. The van der Waals surface area contributed by atoms with Crippen LogP contribution in [0.3, 0.4) is 0 Å². The summed E-state index contributed by atoms with van der Waals surface area (Å²) < 4.78 is 0. The van der Waals surface area contributed by atoms with E-state index in [0.717, 1.165) is 0 Å². The summed E-state index contributed by atoms with van der Waals surface area (Å²) in [4.78, 5) is 0. The molecule has 1 aliphatic carbocycles. The van der Waals surface area contributed by atoms with Crippen LogP contribution in [0.2, 0.25) is 0 Å². The van der Waals surface area contributed by atoms with Gasteiger partial charge in [0.25, 0.3) is 0 Å². The lowest BCUT2D eigenvalue weighted by Crippen LogP contribution is -2.39. The minimum Gasteiger partial charge on any atom is -0.0654 e. The van der Waals surface area contributed by atoms with E-state index in [4.69, 9.17) is 0 Å². The molecule has 19 heavy (non-hydrogen) atoms. The van der Waals surface area contributed by atoms with Crippen LogP contribution in [0, 0.1) is 10.8 Å². The first-order valence-electron chi connectivity index (χ1n) is 9.08. The molecule has 1 fully saturated rings. The molecule has 0 amide bonds. The largest absolute Gasteiger partial charge is 0.0654 e. The summed E-state index contributed by atoms with van der Waals surface area (Å²) in [5.41, 5.74) is 1.24. The van der Waals surface area contributed by atoms with Crippen LogP contribution < -0.4 is 0 Å². The highest BCUT2D eigenvalue weighted by molar-refractivity contribution is 4.94. The minimum absolute atomic E-state index is 0.609. The zero-order valence-electron chi connectivity index (χ0n) is 14.2. The van der Waals surface area contributed by atoms with E-state index in [-0.39, 0.29) is 0 Å². The third-order valence-electron chi connectivity index (χ3n) is 6.08. The normalized spacial score (nSPS) is 19.6. The number of hydrogen-bond donors (Lipinski definition) is 0. The van der Waals surface area contributed by atoms with E-state index in [1.807, 2.05) is 0 Å². The number of hydrogen-bond acceptors (Lipinski definition) is 0. The fourth-order valence-electron chi connectivity index (χ4n) is 4.19. The topological polar surface area (TPSA) is 0 Å². The van der Waals surface area contributed by atoms with Gasteiger partial charge >= 0.3 is 0 Å². The smallest absolute Gasteiger partial charge is 0.0272 e. The van der Waals surface area contributed by atoms with Crippen LogP contribution in [0.25, 0.3) is 0 Å². The van der Waals surface area contributed by atoms with Gasteiger partial charge in [-0.3, -0.25) is 0 Å². The van der Waals surface area contributed by atoms with E-state index >= 15 is 0 Å². The van der Waals surface area contributed by atoms with Gasteiger partial charge in [0.05, 0.1) is 0 Å². The molecule has 114 valence electrons. The second-order valence-electron chi connectivity index (χ2n) is 7.60. The molecule has 0 aliphatic heterocycles. The van der Waals surface area contributed by atoms with Crippen molar-refractivity contribution in [2.75, 3.05) is 0 Å². The second kappa shape index (κ2) is 8.32. The van der Waals surface area contributed by atoms with E-state index in [2.05, 4.69) is 27.7 Å². The summed E-state index contributed by atoms with van der Waals surface area (Å²) in [6.45, 7) is 9.90. The van der Waals surface area contributed by atoms with Crippen molar-refractivity contribution in [3.05, 3.63) is 0 Å². The molecule has 0 aromatic rings. The molecule has 1 aliphatic rings.